The molecule has 3 rings (SSSR count). The Morgan fingerprint density at radius 3 is 2.82 bits per heavy atom. The van der Waals surface area contributed by atoms with Gasteiger partial charge in [-0.05, 0) is 25.1 Å². The third-order valence-corrected chi connectivity index (χ3v) is 4.29. The number of hydrazone groups is 1. The number of ether oxygens (including phenoxy) is 1. The van der Waals surface area contributed by atoms with Crippen LogP contribution in [0, 0.1) is 13.8 Å². The molecule has 0 saturated heterocycles. The summed E-state index contributed by atoms with van der Waals surface area (Å²) in [7, 11) is 1.68. The van der Waals surface area contributed by atoms with Crippen LogP contribution in [0.1, 0.15) is 17.0 Å². The van der Waals surface area contributed by atoms with E-state index in [0.29, 0.717) is 12.4 Å². The summed E-state index contributed by atoms with van der Waals surface area (Å²) in [6.07, 6.45) is 1.63. The molecular weight excluding hydrogens is 358 g/mol. The highest BCUT2D eigenvalue weighted by atomic mass is 16.5. The Hall–Kier alpha value is -3.33. The molecule has 0 aliphatic heterocycles. The average Bonchev–Trinajstić information content (AvgIpc) is 3.26. The number of tetrazole rings is 1. The van der Waals surface area contributed by atoms with Gasteiger partial charge in [-0.15, -0.1) is 10.2 Å². The monoisotopic (exact) mass is 381 g/mol. The molecule has 0 spiro atoms. The van der Waals surface area contributed by atoms with Gasteiger partial charge in [-0.25, -0.2) is 5.43 Å². The number of methoxy groups -OCH3 is 1. The average molecular weight is 381 g/mol. The lowest BCUT2D eigenvalue weighted by molar-refractivity contribution is -0.122. The maximum absolute atomic E-state index is 12.1. The summed E-state index contributed by atoms with van der Waals surface area (Å²) in [5, 5.41) is 16.1. The van der Waals surface area contributed by atoms with Crippen molar-refractivity contribution in [3.8, 4) is 11.4 Å². The zero-order chi connectivity index (χ0) is 19.9. The molecular formula is C19H23N7O2. The maximum atomic E-state index is 12.1. The second-order valence-electron chi connectivity index (χ2n) is 6.27. The number of amides is 1. The van der Waals surface area contributed by atoms with Gasteiger partial charge in [-0.2, -0.15) is 9.90 Å². The number of aromatic nitrogens is 5. The van der Waals surface area contributed by atoms with Crippen LogP contribution in [0.15, 0.2) is 41.5 Å². The molecule has 0 aliphatic rings. The summed E-state index contributed by atoms with van der Waals surface area (Å²) in [4.78, 5) is 13.3. The Labute approximate surface area is 163 Å². The van der Waals surface area contributed by atoms with E-state index >= 15 is 0 Å². The van der Waals surface area contributed by atoms with E-state index in [1.165, 1.54) is 4.80 Å². The fourth-order valence-electron chi connectivity index (χ4n) is 2.84. The number of aryl methyl sites for hydroxylation is 1. The van der Waals surface area contributed by atoms with E-state index in [1.54, 1.807) is 13.3 Å². The predicted octanol–water partition coefficient (Wildman–Crippen LogP) is 1.56. The minimum absolute atomic E-state index is 0.0654. The number of carbonyl (C=O) groups is 1. The van der Waals surface area contributed by atoms with Crippen molar-refractivity contribution in [2.45, 2.75) is 26.9 Å². The Bertz CT molecular complexity index is 960. The quantitative estimate of drug-likeness (QED) is 0.471. The predicted molar refractivity (Wildman–Crippen MR) is 105 cm³/mol. The first-order valence-corrected chi connectivity index (χ1v) is 8.89. The van der Waals surface area contributed by atoms with Gasteiger partial charge in [0.05, 0.1) is 12.8 Å². The van der Waals surface area contributed by atoms with E-state index in [2.05, 4.69) is 30.5 Å². The highest BCUT2D eigenvalue weighted by Gasteiger charge is 2.09. The summed E-state index contributed by atoms with van der Waals surface area (Å²) >= 11 is 0. The normalized spacial score (nSPS) is 11.2. The minimum atomic E-state index is -0.332. The molecule has 9 nitrogen and oxygen atoms in total. The van der Waals surface area contributed by atoms with Crippen molar-refractivity contribution < 1.29 is 9.53 Å². The van der Waals surface area contributed by atoms with Crippen molar-refractivity contribution in [2.75, 3.05) is 13.7 Å². The number of carbonyl (C=O) groups excluding carboxylic acids is 1. The van der Waals surface area contributed by atoms with Crippen molar-refractivity contribution >= 4 is 12.1 Å². The second kappa shape index (κ2) is 9.05. The molecule has 3 aromatic rings. The Morgan fingerprint density at radius 1 is 1.29 bits per heavy atom. The largest absolute Gasteiger partial charge is 0.383 e. The summed E-state index contributed by atoms with van der Waals surface area (Å²) in [6, 6.07) is 11.5. The van der Waals surface area contributed by atoms with Gasteiger partial charge in [0, 0.05) is 36.2 Å². The summed E-state index contributed by atoms with van der Waals surface area (Å²) < 4.78 is 7.28. The fourth-order valence-corrected chi connectivity index (χ4v) is 2.84. The van der Waals surface area contributed by atoms with Crippen molar-refractivity contribution in [1.82, 2.24) is 30.2 Å². The minimum Gasteiger partial charge on any atom is -0.383 e. The van der Waals surface area contributed by atoms with E-state index in [1.807, 2.05) is 50.2 Å². The van der Waals surface area contributed by atoms with Crippen molar-refractivity contribution in [3.05, 3.63) is 53.3 Å². The van der Waals surface area contributed by atoms with Crippen LogP contribution in [-0.2, 0) is 22.6 Å². The van der Waals surface area contributed by atoms with E-state index in [0.717, 1.165) is 29.1 Å². The molecule has 1 aromatic carbocycles. The number of hydrogen-bond donors (Lipinski definition) is 1. The first-order chi connectivity index (χ1) is 13.6. The van der Waals surface area contributed by atoms with Gasteiger partial charge in [0.25, 0.3) is 5.91 Å². The number of benzene rings is 1. The molecule has 0 fully saturated rings. The van der Waals surface area contributed by atoms with E-state index in [9.17, 15) is 4.79 Å². The highest BCUT2D eigenvalue weighted by molar-refractivity contribution is 5.83. The zero-order valence-corrected chi connectivity index (χ0v) is 16.2. The number of nitrogens with zero attached hydrogens (tertiary/aromatic N) is 6. The van der Waals surface area contributed by atoms with E-state index in [-0.39, 0.29) is 12.5 Å². The van der Waals surface area contributed by atoms with Crippen LogP contribution in [0.4, 0.5) is 0 Å². The van der Waals surface area contributed by atoms with Gasteiger partial charge in [0.1, 0.15) is 6.54 Å². The molecule has 9 heteroatoms. The van der Waals surface area contributed by atoms with Gasteiger partial charge in [0.2, 0.25) is 5.82 Å². The first kappa shape index (κ1) is 19.4. The maximum Gasteiger partial charge on any atom is 0.263 e. The summed E-state index contributed by atoms with van der Waals surface area (Å²) in [6.45, 7) is 5.38. The van der Waals surface area contributed by atoms with Gasteiger partial charge < -0.3 is 9.30 Å². The number of nitrogens with one attached hydrogen (secondary N) is 1. The lowest BCUT2D eigenvalue weighted by Gasteiger charge is -2.08. The third-order valence-electron chi connectivity index (χ3n) is 4.29. The molecule has 0 unspecified atom stereocenters. The standard InChI is InChI=1S/C19H23N7O2/c1-14-11-17(15(2)25(14)9-10-28-3)12-20-21-18(27)13-26-23-19(22-24-26)16-7-5-4-6-8-16/h4-8,11-12H,9-10,13H2,1-3H3,(H,21,27). The topological polar surface area (TPSA) is 99.2 Å². The van der Waals surface area contributed by atoms with Gasteiger partial charge in [-0.3, -0.25) is 4.79 Å². The number of hydrogen-bond acceptors (Lipinski definition) is 6. The summed E-state index contributed by atoms with van der Waals surface area (Å²) in [5.74, 6) is 0.141. The Balaban J connectivity index is 1.57. The zero-order valence-electron chi connectivity index (χ0n) is 16.2. The molecule has 1 N–H and O–H groups in total. The third kappa shape index (κ3) is 4.68. The molecule has 0 atom stereocenters. The lowest BCUT2D eigenvalue weighted by atomic mass is 10.2. The van der Waals surface area contributed by atoms with Gasteiger partial charge in [-0.1, -0.05) is 30.3 Å². The van der Waals surface area contributed by atoms with E-state index in [4.69, 9.17) is 4.74 Å². The highest BCUT2D eigenvalue weighted by Crippen LogP contribution is 2.13. The van der Waals surface area contributed by atoms with Crippen molar-refractivity contribution in [3.63, 3.8) is 0 Å². The molecule has 0 bridgehead atoms. The van der Waals surface area contributed by atoms with Crippen LogP contribution in [0.2, 0.25) is 0 Å². The van der Waals surface area contributed by atoms with Gasteiger partial charge in [0.15, 0.2) is 0 Å². The number of rotatable bonds is 8. The fraction of sp³-hybridized carbons (Fsp3) is 0.316. The molecule has 28 heavy (non-hydrogen) atoms. The van der Waals surface area contributed by atoms with Crippen LogP contribution in [-0.4, -0.2) is 50.6 Å². The SMILES string of the molecule is COCCn1c(C)cc(C=NNC(=O)Cn2nnc(-c3ccccc3)n2)c1C. The summed E-state index contributed by atoms with van der Waals surface area (Å²) in [5.41, 5.74) is 6.46. The Kier molecular flexibility index (Phi) is 6.28. The molecule has 1 amide bonds. The van der Waals surface area contributed by atoms with Crippen LogP contribution in [0.25, 0.3) is 11.4 Å². The first-order valence-electron chi connectivity index (χ1n) is 8.89. The lowest BCUT2D eigenvalue weighted by Crippen LogP contribution is -2.24. The van der Waals surface area contributed by atoms with Crippen LogP contribution in [0.3, 0.4) is 0 Å². The molecule has 146 valence electrons. The molecule has 0 radical (unpaired) electrons. The molecule has 0 aliphatic carbocycles. The van der Waals surface area contributed by atoms with Crippen molar-refractivity contribution in [2.24, 2.45) is 5.10 Å². The Morgan fingerprint density at radius 2 is 2.07 bits per heavy atom. The van der Waals surface area contributed by atoms with Gasteiger partial charge >= 0.3 is 0 Å². The van der Waals surface area contributed by atoms with E-state index < -0.39 is 0 Å². The molecule has 0 saturated carbocycles. The smallest absolute Gasteiger partial charge is 0.263 e. The molecule has 2 aromatic heterocycles. The van der Waals surface area contributed by atoms with Crippen molar-refractivity contribution in [1.29, 1.82) is 0 Å². The molecule has 2 heterocycles. The van der Waals surface area contributed by atoms with Crippen LogP contribution < -0.4 is 5.43 Å². The van der Waals surface area contributed by atoms with Crippen LogP contribution >= 0.6 is 0 Å². The second-order valence-corrected chi connectivity index (χ2v) is 6.27. The van der Waals surface area contributed by atoms with Crippen LogP contribution in [0.5, 0.6) is 0 Å².